The van der Waals surface area contributed by atoms with Gasteiger partial charge in [-0.1, -0.05) is 47.1 Å². The van der Waals surface area contributed by atoms with Crippen molar-refractivity contribution in [3.63, 3.8) is 0 Å². The van der Waals surface area contributed by atoms with Gasteiger partial charge in [0.15, 0.2) is 6.10 Å². The molecule has 0 unspecified atom stereocenters. The molecule has 0 radical (unpaired) electrons. The molecule has 0 spiro atoms. The number of rotatable bonds is 5. The van der Waals surface area contributed by atoms with Crippen molar-refractivity contribution in [1.29, 1.82) is 0 Å². The summed E-state index contributed by atoms with van der Waals surface area (Å²) in [5.74, 6) is -0.319. The quantitative estimate of drug-likeness (QED) is 0.799. The molecule has 1 aliphatic rings. The average molecular weight is 397 g/mol. The summed E-state index contributed by atoms with van der Waals surface area (Å²) in [6.07, 6.45) is 0.372. The first-order valence-electron chi connectivity index (χ1n) is 9.81. The number of amides is 2. The zero-order valence-electron chi connectivity index (χ0n) is 17.4. The second-order valence-electron chi connectivity index (χ2n) is 8.53. The predicted molar refractivity (Wildman–Crippen MR) is 112 cm³/mol. The highest BCUT2D eigenvalue weighted by molar-refractivity contribution is 6.01. The van der Waals surface area contributed by atoms with Gasteiger partial charge in [-0.3, -0.25) is 0 Å². The molecule has 6 heteroatoms. The maximum atomic E-state index is 13.6. The zero-order chi connectivity index (χ0) is 21.0. The van der Waals surface area contributed by atoms with Crippen molar-refractivity contribution in [2.45, 2.75) is 52.3 Å². The summed E-state index contributed by atoms with van der Waals surface area (Å²) in [5, 5.41) is 7.20. The number of benzene rings is 2. The van der Waals surface area contributed by atoms with Crippen LogP contribution in [0.15, 0.2) is 53.7 Å². The molecule has 1 heterocycles. The van der Waals surface area contributed by atoms with Crippen molar-refractivity contribution in [2.75, 3.05) is 6.54 Å². The molecule has 0 aromatic heterocycles. The molecule has 5 nitrogen and oxygen atoms in total. The third kappa shape index (κ3) is 6.04. The van der Waals surface area contributed by atoms with Crippen molar-refractivity contribution < 1.29 is 14.0 Å². The van der Waals surface area contributed by atoms with Gasteiger partial charge in [0.25, 0.3) is 0 Å². The van der Waals surface area contributed by atoms with Crippen LogP contribution in [0.25, 0.3) is 0 Å². The number of hydrogen-bond acceptors (Lipinski definition) is 3. The molecule has 1 atom stereocenters. The molecular weight excluding hydrogens is 369 g/mol. The Bertz CT molecular complexity index is 888. The minimum Gasteiger partial charge on any atom is -0.390 e. The minimum atomic E-state index is -0.378. The smallest absolute Gasteiger partial charge is 0.318 e. The Labute approximate surface area is 171 Å². The summed E-state index contributed by atoms with van der Waals surface area (Å²) in [6, 6.07) is 14.2. The fourth-order valence-electron chi connectivity index (χ4n) is 3.16. The molecule has 0 saturated carbocycles. The Morgan fingerprint density at radius 1 is 1.24 bits per heavy atom. The van der Waals surface area contributed by atoms with Gasteiger partial charge in [0.2, 0.25) is 0 Å². The average Bonchev–Trinajstić information content (AvgIpc) is 3.09. The maximum absolute atomic E-state index is 13.6. The van der Waals surface area contributed by atoms with Gasteiger partial charge in [-0.2, -0.15) is 0 Å². The molecule has 0 aliphatic carbocycles. The number of urea groups is 1. The number of halogens is 1. The summed E-state index contributed by atoms with van der Waals surface area (Å²) in [4.78, 5) is 20.1. The summed E-state index contributed by atoms with van der Waals surface area (Å²) in [6.45, 7) is 8.47. The van der Waals surface area contributed by atoms with Crippen LogP contribution in [0.3, 0.4) is 0 Å². The number of carbonyl (C=O) groups excluding carboxylic acids is 1. The zero-order valence-corrected chi connectivity index (χ0v) is 17.4. The first kappa shape index (κ1) is 20.8. The van der Waals surface area contributed by atoms with E-state index >= 15 is 0 Å². The van der Waals surface area contributed by atoms with E-state index in [-0.39, 0.29) is 23.5 Å². The maximum Gasteiger partial charge on any atom is 0.318 e. The molecule has 1 N–H and O–H groups in total. The second-order valence-corrected chi connectivity index (χ2v) is 8.53. The van der Waals surface area contributed by atoms with E-state index in [1.807, 2.05) is 58.0 Å². The van der Waals surface area contributed by atoms with Gasteiger partial charge in [-0.05, 0) is 51.0 Å². The van der Waals surface area contributed by atoms with E-state index < -0.39 is 0 Å². The molecule has 29 heavy (non-hydrogen) atoms. The fourth-order valence-corrected chi connectivity index (χ4v) is 3.16. The van der Waals surface area contributed by atoms with E-state index in [4.69, 9.17) is 4.84 Å². The lowest BCUT2D eigenvalue weighted by Crippen LogP contribution is -2.50. The largest absolute Gasteiger partial charge is 0.390 e. The van der Waals surface area contributed by atoms with Gasteiger partial charge in [0.05, 0.1) is 12.3 Å². The lowest BCUT2D eigenvalue weighted by atomic mass is 10.0. The third-order valence-corrected chi connectivity index (χ3v) is 4.57. The first-order valence-corrected chi connectivity index (χ1v) is 9.81. The number of oxime groups is 1. The molecule has 2 amide bonds. The highest BCUT2D eigenvalue weighted by Crippen LogP contribution is 2.19. The van der Waals surface area contributed by atoms with Crippen molar-refractivity contribution in [2.24, 2.45) is 5.16 Å². The number of aryl methyl sites for hydroxylation is 1. The van der Waals surface area contributed by atoms with E-state index in [9.17, 15) is 9.18 Å². The van der Waals surface area contributed by atoms with E-state index in [0.717, 1.165) is 16.8 Å². The summed E-state index contributed by atoms with van der Waals surface area (Å²) < 4.78 is 13.6. The number of nitrogens with zero attached hydrogens (tertiary/aromatic N) is 2. The predicted octanol–water partition coefficient (Wildman–Crippen LogP) is 4.64. The van der Waals surface area contributed by atoms with Gasteiger partial charge in [-0.15, -0.1) is 0 Å². The second kappa shape index (κ2) is 8.64. The normalized spacial score (nSPS) is 16.2. The van der Waals surface area contributed by atoms with Crippen LogP contribution in [-0.2, 0) is 11.4 Å². The third-order valence-electron chi connectivity index (χ3n) is 4.57. The van der Waals surface area contributed by atoms with Crippen LogP contribution in [0.5, 0.6) is 0 Å². The molecule has 0 fully saturated rings. The van der Waals surface area contributed by atoms with E-state index in [2.05, 4.69) is 10.5 Å². The number of nitrogens with one attached hydrogen (secondary N) is 1. The molecule has 0 bridgehead atoms. The van der Waals surface area contributed by atoms with Crippen LogP contribution >= 0.6 is 0 Å². The molecule has 154 valence electrons. The van der Waals surface area contributed by atoms with Crippen molar-refractivity contribution in [1.82, 2.24) is 10.2 Å². The van der Waals surface area contributed by atoms with E-state index in [0.29, 0.717) is 19.5 Å². The first-order chi connectivity index (χ1) is 13.7. The summed E-state index contributed by atoms with van der Waals surface area (Å²) in [5.41, 5.74) is 3.43. The number of hydrogen-bond donors (Lipinski definition) is 1. The highest BCUT2D eigenvalue weighted by atomic mass is 19.1. The van der Waals surface area contributed by atoms with Crippen molar-refractivity contribution in [3.05, 3.63) is 71.0 Å². The lowest BCUT2D eigenvalue weighted by Gasteiger charge is -2.29. The van der Waals surface area contributed by atoms with Crippen LogP contribution in [0.2, 0.25) is 0 Å². The van der Waals surface area contributed by atoms with Crippen molar-refractivity contribution in [3.8, 4) is 0 Å². The molecular formula is C23H28FN3O2. The molecule has 2 aromatic carbocycles. The van der Waals surface area contributed by atoms with Gasteiger partial charge in [0.1, 0.15) is 5.82 Å². The van der Waals surface area contributed by atoms with Gasteiger partial charge >= 0.3 is 6.03 Å². The summed E-state index contributed by atoms with van der Waals surface area (Å²) >= 11 is 0. The standard InChI is InChI=1S/C23H28FN3O2/c1-16-8-10-18(11-9-16)21-13-20(29-26-21)15-27(22(28)25-23(2,3)4)14-17-6-5-7-19(24)12-17/h5-12,20H,13-15H2,1-4H3,(H,25,28)/t20-/m0/s1. The molecule has 2 aromatic rings. The summed E-state index contributed by atoms with van der Waals surface area (Å²) in [7, 11) is 0. The Kier molecular flexibility index (Phi) is 6.20. The Balaban J connectivity index is 1.69. The topological polar surface area (TPSA) is 53.9 Å². The van der Waals surface area contributed by atoms with Crippen LogP contribution in [-0.4, -0.2) is 34.8 Å². The molecule has 1 aliphatic heterocycles. The lowest BCUT2D eigenvalue weighted by molar-refractivity contribution is 0.0580. The van der Waals surface area contributed by atoms with Crippen LogP contribution in [0, 0.1) is 12.7 Å². The van der Waals surface area contributed by atoms with Crippen molar-refractivity contribution >= 4 is 11.7 Å². The van der Waals surface area contributed by atoms with Crippen LogP contribution in [0.4, 0.5) is 9.18 Å². The van der Waals surface area contributed by atoms with Crippen LogP contribution < -0.4 is 5.32 Å². The minimum absolute atomic E-state index is 0.214. The monoisotopic (exact) mass is 397 g/mol. The van der Waals surface area contributed by atoms with E-state index in [1.54, 1.807) is 11.0 Å². The Morgan fingerprint density at radius 3 is 2.62 bits per heavy atom. The highest BCUT2D eigenvalue weighted by Gasteiger charge is 2.28. The molecule has 3 rings (SSSR count). The van der Waals surface area contributed by atoms with Gasteiger partial charge in [-0.25, -0.2) is 9.18 Å². The fraction of sp³-hybridized carbons (Fsp3) is 0.391. The number of carbonyl (C=O) groups is 1. The van der Waals surface area contributed by atoms with Gasteiger partial charge < -0.3 is 15.1 Å². The Hall–Kier alpha value is -2.89. The molecule has 0 saturated heterocycles. The Morgan fingerprint density at radius 2 is 1.97 bits per heavy atom. The van der Waals surface area contributed by atoms with Crippen LogP contribution in [0.1, 0.15) is 43.9 Å². The van der Waals surface area contributed by atoms with E-state index in [1.165, 1.54) is 17.7 Å². The van der Waals surface area contributed by atoms with Gasteiger partial charge in [0, 0.05) is 18.5 Å². The SMILES string of the molecule is Cc1ccc(C2=NO[C@H](CN(Cc3cccc(F)c3)C(=O)NC(C)(C)C)C2)cc1.